The first kappa shape index (κ1) is 25.4. The van der Waals surface area contributed by atoms with Crippen molar-refractivity contribution in [3.63, 3.8) is 0 Å². The van der Waals surface area contributed by atoms with E-state index >= 15 is 0 Å². The summed E-state index contributed by atoms with van der Waals surface area (Å²) in [6.07, 6.45) is 3.58. The van der Waals surface area contributed by atoms with E-state index in [1.807, 2.05) is 10.8 Å². The number of nitrogens with zero attached hydrogens (tertiary/aromatic N) is 1. The molecule has 1 heterocycles. The van der Waals surface area contributed by atoms with Gasteiger partial charge in [-0.1, -0.05) is 26.0 Å². The maximum Gasteiger partial charge on any atom is 0.255 e. The lowest BCUT2D eigenvalue weighted by molar-refractivity contribution is 0.0946. The number of amides is 1. The molecule has 1 aromatic heterocycles. The number of hydrogen-bond donors (Lipinski definition) is 2. The smallest absolute Gasteiger partial charge is 0.255 e. The molecule has 3 aromatic carbocycles. The Kier molecular flexibility index (Phi) is 7.16. The van der Waals surface area contributed by atoms with Crippen molar-refractivity contribution < 1.29 is 18.7 Å². The summed E-state index contributed by atoms with van der Waals surface area (Å²) in [6.45, 7) is 9.47. The van der Waals surface area contributed by atoms with Gasteiger partial charge in [0, 0.05) is 36.3 Å². The highest BCUT2D eigenvalue weighted by atomic mass is 19.1. The predicted molar refractivity (Wildman–Crippen MR) is 139 cm³/mol. The molecule has 4 nitrogen and oxygen atoms in total. The molecule has 6 heteroatoms. The highest BCUT2D eigenvalue weighted by Gasteiger charge is 2.23. The predicted octanol–water partition coefficient (Wildman–Crippen LogP) is 6.68. The molecule has 0 bridgehead atoms. The number of fused-ring (bicyclic) bond motifs is 1. The first-order valence-electron chi connectivity index (χ1n) is 12.1. The molecule has 1 amide bonds. The van der Waals surface area contributed by atoms with Crippen LogP contribution < -0.4 is 5.32 Å². The second-order valence-corrected chi connectivity index (χ2v) is 10.3. The van der Waals surface area contributed by atoms with Gasteiger partial charge in [-0.05, 0) is 90.8 Å². The molecule has 0 fully saturated rings. The second-order valence-electron chi connectivity index (χ2n) is 10.3. The minimum atomic E-state index is -0.574. The van der Waals surface area contributed by atoms with E-state index in [-0.39, 0.29) is 22.6 Å². The Morgan fingerprint density at radius 3 is 2.42 bits per heavy atom. The standard InChI is InChI=1S/C30H32F2N2O2/c1-19-13-27-24(9-12-34(27)18-21-14-22(31)16-23(32)15-21)20(2)26(19)17-30(3,4)10-11-33-29(36)25-7-5-6-8-28(25)35/h5-9,12-16,35H,10-11,17-18H2,1-4H3,(H,33,36). The number of aromatic nitrogens is 1. The second kappa shape index (κ2) is 10.1. The number of benzene rings is 3. The molecule has 2 N–H and O–H groups in total. The highest BCUT2D eigenvalue weighted by molar-refractivity contribution is 5.96. The summed E-state index contributed by atoms with van der Waals surface area (Å²) in [7, 11) is 0. The molecule has 0 unspecified atom stereocenters. The van der Waals surface area contributed by atoms with Gasteiger partial charge in [0.15, 0.2) is 0 Å². The molecule has 0 aliphatic heterocycles. The summed E-state index contributed by atoms with van der Waals surface area (Å²) in [4.78, 5) is 12.4. The van der Waals surface area contributed by atoms with Crippen molar-refractivity contribution in [1.29, 1.82) is 0 Å². The number of rotatable bonds is 8. The first-order valence-corrected chi connectivity index (χ1v) is 12.1. The van der Waals surface area contributed by atoms with Gasteiger partial charge >= 0.3 is 0 Å². The van der Waals surface area contributed by atoms with Crippen LogP contribution in [0.3, 0.4) is 0 Å². The molecular formula is C30H32F2N2O2. The molecule has 0 atom stereocenters. The number of phenolic OH excluding ortho intramolecular Hbond substituents is 1. The van der Waals surface area contributed by atoms with E-state index in [1.165, 1.54) is 29.3 Å². The fourth-order valence-corrected chi connectivity index (χ4v) is 4.86. The van der Waals surface area contributed by atoms with Crippen LogP contribution in [0.15, 0.2) is 60.8 Å². The third-order valence-electron chi connectivity index (χ3n) is 6.86. The van der Waals surface area contributed by atoms with Crippen molar-refractivity contribution in [2.75, 3.05) is 6.54 Å². The summed E-state index contributed by atoms with van der Waals surface area (Å²) >= 11 is 0. The monoisotopic (exact) mass is 490 g/mol. The molecule has 0 aliphatic rings. The van der Waals surface area contributed by atoms with Crippen molar-refractivity contribution in [2.45, 2.75) is 47.1 Å². The summed E-state index contributed by atoms with van der Waals surface area (Å²) in [5.74, 6) is -1.45. The summed E-state index contributed by atoms with van der Waals surface area (Å²) in [5, 5.41) is 13.9. The number of para-hydroxylation sites is 1. The van der Waals surface area contributed by atoms with Gasteiger partial charge in [-0.25, -0.2) is 8.78 Å². The number of carbonyl (C=O) groups excluding carboxylic acids is 1. The molecule has 0 saturated heterocycles. The van der Waals surface area contributed by atoms with Crippen molar-refractivity contribution in [2.24, 2.45) is 5.41 Å². The molecule has 0 spiro atoms. The molecule has 36 heavy (non-hydrogen) atoms. The lowest BCUT2D eigenvalue weighted by atomic mass is 9.79. The zero-order chi connectivity index (χ0) is 26.0. The summed E-state index contributed by atoms with van der Waals surface area (Å²) < 4.78 is 29.3. The Balaban J connectivity index is 1.48. The van der Waals surface area contributed by atoms with Gasteiger partial charge in [0.2, 0.25) is 0 Å². The molecule has 188 valence electrons. The van der Waals surface area contributed by atoms with E-state index in [0.29, 0.717) is 18.7 Å². The van der Waals surface area contributed by atoms with Crippen molar-refractivity contribution in [3.8, 4) is 5.75 Å². The van der Waals surface area contributed by atoms with E-state index in [4.69, 9.17) is 0 Å². The topological polar surface area (TPSA) is 54.3 Å². The lowest BCUT2D eigenvalue weighted by Gasteiger charge is -2.27. The average Bonchev–Trinajstić information content (AvgIpc) is 3.18. The third kappa shape index (κ3) is 5.59. The molecule has 4 rings (SSSR count). The van der Waals surface area contributed by atoms with Gasteiger partial charge in [0.05, 0.1) is 5.56 Å². The molecule has 4 aromatic rings. The Morgan fingerprint density at radius 1 is 1.03 bits per heavy atom. The largest absolute Gasteiger partial charge is 0.507 e. The minimum Gasteiger partial charge on any atom is -0.507 e. The van der Waals surface area contributed by atoms with E-state index in [2.05, 4.69) is 45.1 Å². The Hall–Kier alpha value is -3.67. The normalized spacial score (nSPS) is 11.7. The van der Waals surface area contributed by atoms with Crippen LogP contribution in [0.4, 0.5) is 8.78 Å². The Labute approximate surface area is 210 Å². The number of carbonyl (C=O) groups is 1. The number of aryl methyl sites for hydroxylation is 2. The van der Waals surface area contributed by atoms with Gasteiger partial charge in [-0.3, -0.25) is 4.79 Å². The van der Waals surface area contributed by atoms with Crippen LogP contribution in [0.1, 0.15) is 52.9 Å². The zero-order valence-electron chi connectivity index (χ0n) is 21.2. The molecular weight excluding hydrogens is 458 g/mol. The fraction of sp³-hybridized carbons (Fsp3) is 0.300. The number of nitrogens with one attached hydrogen (secondary N) is 1. The lowest BCUT2D eigenvalue weighted by Crippen LogP contribution is -2.29. The van der Waals surface area contributed by atoms with Gasteiger partial charge in [-0.2, -0.15) is 0 Å². The van der Waals surface area contributed by atoms with Crippen LogP contribution in [0.2, 0.25) is 0 Å². The quantitative estimate of drug-likeness (QED) is 0.290. The Bertz CT molecular complexity index is 1400. The van der Waals surface area contributed by atoms with Crippen LogP contribution >= 0.6 is 0 Å². The van der Waals surface area contributed by atoms with E-state index in [1.54, 1.807) is 18.2 Å². The van der Waals surface area contributed by atoms with E-state index < -0.39 is 11.6 Å². The number of hydrogen-bond acceptors (Lipinski definition) is 2. The van der Waals surface area contributed by atoms with E-state index in [0.717, 1.165) is 35.4 Å². The third-order valence-corrected chi connectivity index (χ3v) is 6.86. The van der Waals surface area contributed by atoms with Crippen molar-refractivity contribution in [3.05, 3.63) is 100 Å². The number of aromatic hydroxyl groups is 1. The highest BCUT2D eigenvalue weighted by Crippen LogP contribution is 2.33. The van der Waals surface area contributed by atoms with Gasteiger partial charge in [-0.15, -0.1) is 0 Å². The van der Waals surface area contributed by atoms with Crippen LogP contribution in [-0.4, -0.2) is 22.1 Å². The maximum atomic E-state index is 13.7. The SMILES string of the molecule is Cc1cc2c(ccn2Cc2cc(F)cc(F)c2)c(C)c1CC(C)(C)CCNC(=O)c1ccccc1O. The summed E-state index contributed by atoms with van der Waals surface area (Å²) in [6, 6.07) is 14.3. The van der Waals surface area contributed by atoms with Crippen LogP contribution in [0.5, 0.6) is 5.75 Å². The van der Waals surface area contributed by atoms with Crippen LogP contribution in [-0.2, 0) is 13.0 Å². The summed E-state index contributed by atoms with van der Waals surface area (Å²) in [5.41, 5.74) is 5.45. The van der Waals surface area contributed by atoms with E-state index in [9.17, 15) is 18.7 Å². The van der Waals surface area contributed by atoms with Gasteiger partial charge < -0.3 is 15.0 Å². The first-order chi connectivity index (χ1) is 17.0. The molecule has 0 saturated carbocycles. The van der Waals surface area contributed by atoms with Gasteiger partial charge in [0.1, 0.15) is 17.4 Å². The number of halogens is 2. The van der Waals surface area contributed by atoms with Crippen LogP contribution in [0, 0.1) is 30.9 Å². The fourth-order valence-electron chi connectivity index (χ4n) is 4.86. The Morgan fingerprint density at radius 2 is 1.72 bits per heavy atom. The zero-order valence-corrected chi connectivity index (χ0v) is 21.2. The number of phenols is 1. The molecule has 0 radical (unpaired) electrons. The molecule has 0 aliphatic carbocycles. The van der Waals surface area contributed by atoms with Gasteiger partial charge in [0.25, 0.3) is 5.91 Å². The van der Waals surface area contributed by atoms with Crippen molar-refractivity contribution in [1.82, 2.24) is 9.88 Å². The van der Waals surface area contributed by atoms with Crippen LogP contribution in [0.25, 0.3) is 10.9 Å². The maximum absolute atomic E-state index is 13.7. The van der Waals surface area contributed by atoms with Crippen molar-refractivity contribution >= 4 is 16.8 Å². The minimum absolute atomic E-state index is 0.0247. The average molecular weight is 491 g/mol.